The SMILES string of the molecule is FC(F)(F)Oc1ccc(Br)cc1[C@H](c1ccsc1)N1CCNCC1. The smallest absolute Gasteiger partial charge is 0.405 e. The quantitative estimate of drug-likeness (QED) is 0.792. The van der Waals surface area contributed by atoms with Crippen molar-refractivity contribution in [3.8, 4) is 5.75 Å². The number of thiophene rings is 1. The fourth-order valence-corrected chi connectivity index (χ4v) is 3.97. The number of hydrogen-bond donors (Lipinski definition) is 1. The van der Waals surface area contributed by atoms with E-state index in [0.717, 1.165) is 36.2 Å². The first-order valence-electron chi connectivity index (χ1n) is 7.46. The number of piperazine rings is 1. The Hall–Kier alpha value is -1.09. The van der Waals surface area contributed by atoms with Crippen molar-refractivity contribution in [3.05, 3.63) is 50.6 Å². The Balaban J connectivity index is 2.05. The van der Waals surface area contributed by atoms with Crippen LogP contribution in [0, 0.1) is 0 Å². The van der Waals surface area contributed by atoms with Gasteiger partial charge in [0, 0.05) is 36.2 Å². The van der Waals surface area contributed by atoms with Crippen LogP contribution in [0.5, 0.6) is 5.75 Å². The highest BCUT2D eigenvalue weighted by Gasteiger charge is 2.34. The minimum Gasteiger partial charge on any atom is -0.405 e. The van der Waals surface area contributed by atoms with E-state index in [1.807, 2.05) is 16.8 Å². The number of alkyl halides is 3. The molecular weight excluding hydrogens is 405 g/mol. The third-order valence-corrected chi connectivity index (χ3v) is 5.06. The molecule has 0 unspecified atom stereocenters. The van der Waals surface area contributed by atoms with Crippen LogP contribution in [0.25, 0.3) is 0 Å². The zero-order valence-electron chi connectivity index (χ0n) is 12.6. The number of nitrogens with one attached hydrogen (secondary N) is 1. The minimum absolute atomic E-state index is 0.152. The number of ether oxygens (including phenoxy) is 1. The maximum Gasteiger partial charge on any atom is 0.573 e. The summed E-state index contributed by atoms with van der Waals surface area (Å²) in [6.45, 7) is 3.14. The maximum absolute atomic E-state index is 12.8. The van der Waals surface area contributed by atoms with Gasteiger partial charge in [-0.2, -0.15) is 11.3 Å². The first kappa shape index (κ1) is 17.7. The monoisotopic (exact) mass is 420 g/mol. The van der Waals surface area contributed by atoms with E-state index in [0.29, 0.717) is 5.56 Å². The highest BCUT2D eigenvalue weighted by Crippen LogP contribution is 2.39. The van der Waals surface area contributed by atoms with Crippen molar-refractivity contribution in [1.82, 2.24) is 10.2 Å². The number of rotatable bonds is 4. The van der Waals surface area contributed by atoms with Crippen molar-refractivity contribution in [1.29, 1.82) is 0 Å². The molecule has 3 rings (SSSR count). The van der Waals surface area contributed by atoms with E-state index < -0.39 is 6.36 Å². The number of nitrogens with zero attached hydrogens (tertiary/aromatic N) is 1. The molecule has 24 heavy (non-hydrogen) atoms. The number of hydrogen-bond acceptors (Lipinski definition) is 4. The van der Waals surface area contributed by atoms with Crippen molar-refractivity contribution >= 4 is 27.3 Å². The minimum atomic E-state index is -4.72. The fourth-order valence-electron chi connectivity index (χ4n) is 2.91. The first-order valence-corrected chi connectivity index (χ1v) is 9.20. The van der Waals surface area contributed by atoms with E-state index in [2.05, 4.69) is 30.9 Å². The van der Waals surface area contributed by atoms with Gasteiger partial charge < -0.3 is 10.1 Å². The molecule has 1 aromatic carbocycles. The summed E-state index contributed by atoms with van der Waals surface area (Å²) in [5.41, 5.74) is 1.49. The van der Waals surface area contributed by atoms with E-state index >= 15 is 0 Å². The topological polar surface area (TPSA) is 24.5 Å². The average Bonchev–Trinajstić information content (AvgIpc) is 3.04. The number of halogens is 4. The highest BCUT2D eigenvalue weighted by atomic mass is 79.9. The summed E-state index contributed by atoms with van der Waals surface area (Å²) < 4.78 is 43.5. The van der Waals surface area contributed by atoms with Crippen LogP contribution in [0.1, 0.15) is 17.2 Å². The van der Waals surface area contributed by atoms with Gasteiger partial charge in [-0.1, -0.05) is 15.9 Å². The molecule has 0 radical (unpaired) electrons. The highest BCUT2D eigenvalue weighted by molar-refractivity contribution is 9.10. The molecule has 0 amide bonds. The standard InChI is InChI=1S/C16H16BrF3N2OS/c17-12-1-2-14(23-16(18,19)20)13(9-12)15(11-3-8-24-10-11)22-6-4-21-5-7-22/h1-3,8-10,15,21H,4-7H2/t15-/m0/s1. The van der Waals surface area contributed by atoms with Crippen LogP contribution < -0.4 is 10.1 Å². The zero-order valence-corrected chi connectivity index (χ0v) is 15.0. The third-order valence-electron chi connectivity index (χ3n) is 3.87. The van der Waals surface area contributed by atoms with Crippen LogP contribution >= 0.6 is 27.3 Å². The van der Waals surface area contributed by atoms with Crippen LogP contribution in [0.3, 0.4) is 0 Å². The lowest BCUT2D eigenvalue weighted by atomic mass is 9.98. The molecule has 8 heteroatoms. The van der Waals surface area contributed by atoms with Crippen molar-refractivity contribution in [3.63, 3.8) is 0 Å². The summed E-state index contributed by atoms with van der Waals surface area (Å²) in [5.74, 6) is -0.152. The van der Waals surface area contributed by atoms with Gasteiger partial charge in [0.05, 0.1) is 6.04 Å². The molecule has 3 nitrogen and oxygen atoms in total. The predicted octanol–water partition coefficient (Wildman–Crippen LogP) is 4.40. The lowest BCUT2D eigenvalue weighted by Crippen LogP contribution is -2.45. The van der Waals surface area contributed by atoms with Crippen LogP contribution in [0.4, 0.5) is 13.2 Å². The van der Waals surface area contributed by atoms with Gasteiger partial charge in [-0.15, -0.1) is 13.2 Å². The third kappa shape index (κ3) is 4.30. The first-order chi connectivity index (χ1) is 11.4. The van der Waals surface area contributed by atoms with Crippen LogP contribution in [-0.4, -0.2) is 37.4 Å². The van der Waals surface area contributed by atoms with Crippen LogP contribution in [0.15, 0.2) is 39.5 Å². The second-order valence-electron chi connectivity index (χ2n) is 5.48. The molecule has 1 aliphatic rings. The summed E-state index contributed by atoms with van der Waals surface area (Å²) in [5, 5.41) is 7.19. The summed E-state index contributed by atoms with van der Waals surface area (Å²) in [6, 6.07) is 6.33. The van der Waals surface area contributed by atoms with E-state index in [9.17, 15) is 13.2 Å². The second-order valence-corrected chi connectivity index (χ2v) is 7.17. The van der Waals surface area contributed by atoms with Crippen LogP contribution in [-0.2, 0) is 0 Å². The lowest BCUT2D eigenvalue weighted by Gasteiger charge is -2.35. The molecular formula is C16H16BrF3N2OS. The Bertz CT molecular complexity index is 672. The molecule has 1 saturated heterocycles. The molecule has 1 N–H and O–H groups in total. The van der Waals surface area contributed by atoms with Gasteiger partial charge in [0.25, 0.3) is 0 Å². The lowest BCUT2D eigenvalue weighted by molar-refractivity contribution is -0.275. The van der Waals surface area contributed by atoms with Gasteiger partial charge in [0.2, 0.25) is 0 Å². The Labute approximate surface area is 150 Å². The van der Waals surface area contributed by atoms with Gasteiger partial charge in [-0.05, 0) is 40.6 Å². The molecule has 1 fully saturated rings. The van der Waals surface area contributed by atoms with Crippen molar-refractivity contribution in [2.24, 2.45) is 0 Å². The summed E-state index contributed by atoms with van der Waals surface area (Å²) >= 11 is 4.90. The Kier molecular flexibility index (Phi) is 5.49. The van der Waals surface area contributed by atoms with Crippen LogP contribution in [0.2, 0.25) is 0 Å². The van der Waals surface area contributed by atoms with Crippen molar-refractivity contribution in [2.45, 2.75) is 12.4 Å². The molecule has 130 valence electrons. The Morgan fingerprint density at radius 3 is 2.58 bits per heavy atom. The molecule has 0 bridgehead atoms. The molecule has 2 heterocycles. The van der Waals surface area contributed by atoms with Crippen molar-refractivity contribution in [2.75, 3.05) is 26.2 Å². The molecule has 1 atom stereocenters. The maximum atomic E-state index is 12.8. The van der Waals surface area contributed by atoms with Crippen molar-refractivity contribution < 1.29 is 17.9 Å². The van der Waals surface area contributed by atoms with E-state index in [1.165, 1.54) is 17.4 Å². The largest absolute Gasteiger partial charge is 0.573 e. The van der Waals surface area contributed by atoms with Gasteiger partial charge in [-0.25, -0.2) is 0 Å². The van der Waals surface area contributed by atoms with Gasteiger partial charge in [0.15, 0.2) is 0 Å². The number of benzene rings is 1. The predicted molar refractivity (Wildman–Crippen MR) is 91.4 cm³/mol. The van der Waals surface area contributed by atoms with Gasteiger partial charge >= 0.3 is 6.36 Å². The Morgan fingerprint density at radius 1 is 1.21 bits per heavy atom. The summed E-state index contributed by atoms with van der Waals surface area (Å²) in [7, 11) is 0. The molecule has 2 aromatic rings. The molecule has 0 aliphatic carbocycles. The molecule has 1 aliphatic heterocycles. The van der Waals surface area contributed by atoms with Gasteiger partial charge in [-0.3, -0.25) is 4.90 Å². The average molecular weight is 421 g/mol. The van der Waals surface area contributed by atoms with E-state index in [1.54, 1.807) is 12.1 Å². The molecule has 0 spiro atoms. The van der Waals surface area contributed by atoms with E-state index in [-0.39, 0.29) is 11.8 Å². The van der Waals surface area contributed by atoms with E-state index in [4.69, 9.17) is 0 Å². The van der Waals surface area contributed by atoms with Gasteiger partial charge in [0.1, 0.15) is 5.75 Å². The molecule has 1 aromatic heterocycles. The summed E-state index contributed by atoms with van der Waals surface area (Å²) in [4.78, 5) is 2.18. The molecule has 0 saturated carbocycles. The fraction of sp³-hybridized carbons (Fsp3) is 0.375. The zero-order chi connectivity index (χ0) is 17.2. The second kappa shape index (κ2) is 7.43. The summed E-state index contributed by atoms with van der Waals surface area (Å²) in [6.07, 6.45) is -4.72. The normalized spacial score (nSPS) is 17.7. The Morgan fingerprint density at radius 2 is 1.96 bits per heavy atom.